The maximum absolute atomic E-state index is 3.47. The molecule has 1 aliphatic rings. The summed E-state index contributed by atoms with van der Waals surface area (Å²) in [6.45, 7) is 5.66. The van der Waals surface area contributed by atoms with E-state index in [-0.39, 0.29) is 0 Å². The fraction of sp³-hybridized carbons (Fsp3) is 1.00. The summed E-state index contributed by atoms with van der Waals surface area (Å²) in [4.78, 5) is 0. The van der Waals surface area contributed by atoms with E-state index in [1.54, 1.807) is 0 Å². The van der Waals surface area contributed by atoms with Gasteiger partial charge in [-0.3, -0.25) is 0 Å². The Hall–Kier alpha value is -0.0400. The first kappa shape index (κ1) is 7.07. The summed E-state index contributed by atoms with van der Waals surface area (Å²) >= 11 is 0. The third kappa shape index (κ3) is 1.98. The van der Waals surface area contributed by atoms with Crippen molar-refractivity contribution in [3.05, 3.63) is 0 Å². The van der Waals surface area contributed by atoms with Crippen molar-refractivity contribution in [2.75, 3.05) is 6.54 Å². The number of rotatable bonds is 2. The molecule has 0 aliphatic heterocycles. The molecule has 9 heavy (non-hydrogen) atoms. The Kier molecular flexibility index (Phi) is 2.52. The highest BCUT2D eigenvalue weighted by atomic mass is 14.9. The molecule has 1 unspecified atom stereocenters. The minimum absolute atomic E-state index is 0.838. The highest BCUT2D eigenvalue weighted by molar-refractivity contribution is 4.77. The maximum Gasteiger partial charge on any atom is 0.00695 e. The lowest BCUT2D eigenvalue weighted by molar-refractivity contribution is 0.517. The molecule has 1 N–H and O–H groups in total. The van der Waals surface area contributed by atoms with E-state index in [1.807, 2.05) is 0 Å². The van der Waals surface area contributed by atoms with Crippen molar-refractivity contribution in [1.82, 2.24) is 5.32 Å². The molecule has 1 saturated carbocycles. The van der Waals surface area contributed by atoms with E-state index in [0.717, 1.165) is 18.5 Å². The molecule has 0 saturated heterocycles. The largest absolute Gasteiger partial charge is 0.314 e. The van der Waals surface area contributed by atoms with Gasteiger partial charge in [-0.05, 0) is 31.7 Å². The average Bonchev–Trinajstić information content (AvgIpc) is 2.17. The van der Waals surface area contributed by atoms with Gasteiger partial charge >= 0.3 is 0 Å². The van der Waals surface area contributed by atoms with E-state index < -0.39 is 0 Å². The molecule has 2 atom stereocenters. The summed E-state index contributed by atoms with van der Waals surface area (Å²) in [6.07, 6.45) is 4.22. The monoisotopic (exact) mass is 127 g/mol. The van der Waals surface area contributed by atoms with E-state index in [2.05, 4.69) is 19.2 Å². The number of nitrogens with one attached hydrogen (secondary N) is 1. The van der Waals surface area contributed by atoms with E-state index in [9.17, 15) is 0 Å². The molecular formula is C8H17N. The summed E-state index contributed by atoms with van der Waals surface area (Å²) in [6, 6.07) is 0.838. The molecule has 0 aromatic rings. The lowest BCUT2D eigenvalue weighted by Crippen LogP contribution is -2.25. The van der Waals surface area contributed by atoms with E-state index in [1.165, 1.54) is 19.3 Å². The van der Waals surface area contributed by atoms with E-state index in [0.29, 0.717) is 0 Å². The van der Waals surface area contributed by atoms with Crippen LogP contribution in [0.2, 0.25) is 0 Å². The van der Waals surface area contributed by atoms with Crippen molar-refractivity contribution in [3.8, 4) is 0 Å². The quantitative estimate of drug-likeness (QED) is 0.596. The van der Waals surface area contributed by atoms with Crippen molar-refractivity contribution in [2.24, 2.45) is 5.92 Å². The Morgan fingerprint density at radius 1 is 1.44 bits per heavy atom. The minimum Gasteiger partial charge on any atom is -0.314 e. The van der Waals surface area contributed by atoms with Crippen LogP contribution in [-0.4, -0.2) is 12.6 Å². The molecule has 0 radical (unpaired) electrons. The van der Waals surface area contributed by atoms with Crippen molar-refractivity contribution in [2.45, 2.75) is 39.2 Å². The van der Waals surface area contributed by atoms with Gasteiger partial charge in [0.2, 0.25) is 0 Å². The van der Waals surface area contributed by atoms with E-state index in [4.69, 9.17) is 0 Å². The van der Waals surface area contributed by atoms with Gasteiger partial charge in [0.15, 0.2) is 0 Å². The number of hydrogen-bond donors (Lipinski definition) is 1. The molecule has 1 heteroatoms. The zero-order chi connectivity index (χ0) is 6.69. The summed E-state index contributed by atoms with van der Waals surface area (Å²) in [5, 5.41) is 3.47. The SMILES string of the molecule is CCN[C@H]1CCC(C)C1. The second-order valence-corrected chi connectivity index (χ2v) is 3.17. The summed E-state index contributed by atoms with van der Waals surface area (Å²) in [5.74, 6) is 0.967. The second kappa shape index (κ2) is 3.21. The Balaban J connectivity index is 2.14. The first-order valence-corrected chi connectivity index (χ1v) is 4.06. The molecule has 1 fully saturated rings. The average molecular weight is 127 g/mol. The first-order chi connectivity index (χ1) is 4.33. The smallest absolute Gasteiger partial charge is 0.00695 e. The normalized spacial score (nSPS) is 35.3. The Morgan fingerprint density at radius 2 is 2.22 bits per heavy atom. The van der Waals surface area contributed by atoms with Crippen LogP contribution in [0.3, 0.4) is 0 Å². The van der Waals surface area contributed by atoms with Gasteiger partial charge in [0, 0.05) is 6.04 Å². The van der Waals surface area contributed by atoms with Crippen LogP contribution < -0.4 is 5.32 Å². The van der Waals surface area contributed by atoms with Crippen LogP contribution in [0.1, 0.15) is 33.1 Å². The van der Waals surface area contributed by atoms with Crippen LogP contribution >= 0.6 is 0 Å². The third-order valence-corrected chi connectivity index (χ3v) is 2.19. The fourth-order valence-corrected chi connectivity index (χ4v) is 1.68. The maximum atomic E-state index is 3.47. The summed E-state index contributed by atoms with van der Waals surface area (Å²) < 4.78 is 0. The molecule has 54 valence electrons. The van der Waals surface area contributed by atoms with E-state index >= 15 is 0 Å². The summed E-state index contributed by atoms with van der Waals surface area (Å²) in [7, 11) is 0. The molecule has 0 aromatic carbocycles. The fourth-order valence-electron chi connectivity index (χ4n) is 1.68. The lowest BCUT2D eigenvalue weighted by Gasteiger charge is -2.08. The van der Waals surface area contributed by atoms with Gasteiger partial charge in [0.1, 0.15) is 0 Å². The molecular weight excluding hydrogens is 110 g/mol. The van der Waals surface area contributed by atoms with Gasteiger partial charge in [0.05, 0.1) is 0 Å². The lowest BCUT2D eigenvalue weighted by atomic mass is 10.1. The van der Waals surface area contributed by atoms with Gasteiger partial charge in [-0.25, -0.2) is 0 Å². The molecule has 0 spiro atoms. The van der Waals surface area contributed by atoms with Crippen LogP contribution in [0.25, 0.3) is 0 Å². The zero-order valence-corrected chi connectivity index (χ0v) is 6.48. The predicted molar refractivity (Wildman–Crippen MR) is 40.5 cm³/mol. The Morgan fingerprint density at radius 3 is 2.67 bits per heavy atom. The van der Waals surface area contributed by atoms with Crippen LogP contribution in [0.5, 0.6) is 0 Å². The van der Waals surface area contributed by atoms with Gasteiger partial charge in [-0.15, -0.1) is 0 Å². The van der Waals surface area contributed by atoms with Crippen LogP contribution in [0.4, 0.5) is 0 Å². The Bertz CT molecular complexity index is 78.6. The van der Waals surface area contributed by atoms with Crippen molar-refractivity contribution in [1.29, 1.82) is 0 Å². The Labute approximate surface area is 57.8 Å². The van der Waals surface area contributed by atoms with Crippen molar-refractivity contribution >= 4 is 0 Å². The third-order valence-electron chi connectivity index (χ3n) is 2.19. The first-order valence-electron chi connectivity index (χ1n) is 4.06. The highest BCUT2D eigenvalue weighted by Crippen LogP contribution is 2.24. The zero-order valence-electron chi connectivity index (χ0n) is 6.48. The van der Waals surface area contributed by atoms with Gasteiger partial charge in [-0.1, -0.05) is 13.8 Å². The van der Waals surface area contributed by atoms with Crippen LogP contribution in [-0.2, 0) is 0 Å². The predicted octanol–water partition coefficient (Wildman–Crippen LogP) is 1.78. The molecule has 0 amide bonds. The van der Waals surface area contributed by atoms with Crippen LogP contribution in [0, 0.1) is 5.92 Å². The number of hydrogen-bond acceptors (Lipinski definition) is 1. The van der Waals surface area contributed by atoms with Crippen molar-refractivity contribution in [3.63, 3.8) is 0 Å². The molecule has 1 rings (SSSR count). The van der Waals surface area contributed by atoms with Gasteiger partial charge < -0.3 is 5.32 Å². The standard InChI is InChI=1S/C8H17N/c1-3-9-8-5-4-7(2)6-8/h7-9H,3-6H2,1-2H3/t7?,8-/m0/s1. The second-order valence-electron chi connectivity index (χ2n) is 3.17. The minimum atomic E-state index is 0.838. The molecule has 0 heterocycles. The molecule has 0 bridgehead atoms. The van der Waals surface area contributed by atoms with Gasteiger partial charge in [-0.2, -0.15) is 0 Å². The van der Waals surface area contributed by atoms with Gasteiger partial charge in [0.25, 0.3) is 0 Å². The molecule has 0 aromatic heterocycles. The van der Waals surface area contributed by atoms with Crippen LogP contribution in [0.15, 0.2) is 0 Å². The molecule has 1 nitrogen and oxygen atoms in total. The highest BCUT2D eigenvalue weighted by Gasteiger charge is 2.19. The van der Waals surface area contributed by atoms with Crippen molar-refractivity contribution < 1.29 is 0 Å². The summed E-state index contributed by atoms with van der Waals surface area (Å²) in [5.41, 5.74) is 0. The topological polar surface area (TPSA) is 12.0 Å². The molecule has 1 aliphatic carbocycles.